The van der Waals surface area contributed by atoms with Crippen LogP contribution < -0.4 is 10.6 Å². The van der Waals surface area contributed by atoms with Gasteiger partial charge in [-0.05, 0) is 74.8 Å². The van der Waals surface area contributed by atoms with Crippen molar-refractivity contribution in [2.24, 2.45) is 29.1 Å². The minimum Gasteiger partial charge on any atom is -0.392 e. The van der Waals surface area contributed by atoms with Gasteiger partial charge < -0.3 is 25.4 Å². The van der Waals surface area contributed by atoms with Crippen LogP contribution in [0.5, 0.6) is 0 Å². The van der Waals surface area contributed by atoms with E-state index >= 15 is 0 Å². The Morgan fingerprint density at radius 1 is 1.22 bits per heavy atom. The molecule has 0 aromatic carbocycles. The Labute approximate surface area is 194 Å². The predicted octanol–water partition coefficient (Wildman–Crippen LogP) is 2.18. The van der Waals surface area contributed by atoms with Gasteiger partial charge in [-0.2, -0.15) is 0 Å². The summed E-state index contributed by atoms with van der Waals surface area (Å²) in [7, 11) is 1.60. The van der Waals surface area contributed by atoms with Crippen LogP contribution in [-0.2, 0) is 14.3 Å². The van der Waals surface area contributed by atoms with Crippen LogP contribution in [0.25, 0.3) is 0 Å². The number of hydrogen-bond acceptors (Lipinski definition) is 5. The van der Waals surface area contributed by atoms with Crippen molar-refractivity contribution in [2.75, 3.05) is 39.9 Å². The van der Waals surface area contributed by atoms with E-state index in [1.165, 1.54) is 12.8 Å². The maximum atomic E-state index is 12.9. The van der Waals surface area contributed by atoms with Gasteiger partial charge in [-0.1, -0.05) is 20.8 Å². The molecule has 7 heteroatoms. The predicted molar refractivity (Wildman–Crippen MR) is 125 cm³/mol. The fourth-order valence-electron chi connectivity index (χ4n) is 6.67. The molecule has 0 aromatic heterocycles. The minimum absolute atomic E-state index is 0.0138. The molecule has 0 bridgehead atoms. The van der Waals surface area contributed by atoms with Crippen molar-refractivity contribution < 1.29 is 19.4 Å². The van der Waals surface area contributed by atoms with Crippen LogP contribution in [0.3, 0.4) is 0 Å². The van der Waals surface area contributed by atoms with Gasteiger partial charge in [0.1, 0.15) is 0 Å². The lowest BCUT2D eigenvalue weighted by molar-refractivity contribution is -0.143. The Kier molecular flexibility index (Phi) is 8.98. The van der Waals surface area contributed by atoms with Gasteiger partial charge in [0, 0.05) is 38.6 Å². The normalized spacial score (nSPS) is 36.3. The molecule has 7 nitrogen and oxygen atoms in total. The first-order valence-electron chi connectivity index (χ1n) is 12.7. The second-order valence-corrected chi connectivity index (χ2v) is 10.8. The van der Waals surface area contributed by atoms with Gasteiger partial charge in [-0.15, -0.1) is 0 Å². The van der Waals surface area contributed by atoms with E-state index in [1.54, 1.807) is 7.11 Å². The van der Waals surface area contributed by atoms with Crippen molar-refractivity contribution in [3.63, 3.8) is 0 Å². The first kappa shape index (κ1) is 25.4. The highest BCUT2D eigenvalue weighted by atomic mass is 16.5. The van der Waals surface area contributed by atoms with Crippen molar-refractivity contribution in [1.82, 2.24) is 15.5 Å². The molecule has 3 rings (SSSR count). The Morgan fingerprint density at radius 2 is 1.91 bits per heavy atom. The highest BCUT2D eigenvalue weighted by Gasteiger charge is 2.53. The Bertz CT molecular complexity index is 639. The lowest BCUT2D eigenvalue weighted by Gasteiger charge is -2.56. The molecule has 7 atom stereocenters. The lowest BCUT2D eigenvalue weighted by atomic mass is 9.51. The Balaban J connectivity index is 1.58. The standard InChI is InChI=1S/C25H45N3O4/c1-17(24(31)26-12-15-28-13-5-6-14-28)19-7-10-25(3)11-8-20(18(2)22(25)23(19)30)27-21(29)9-16-32-4/h17-20,22-23,30H,5-16H2,1-4H3,(H,26,31)(H,27,29). The fourth-order valence-corrected chi connectivity index (χ4v) is 6.67. The van der Waals surface area contributed by atoms with Crippen LogP contribution >= 0.6 is 0 Å². The molecule has 1 heterocycles. The van der Waals surface area contributed by atoms with Gasteiger partial charge in [0.15, 0.2) is 0 Å². The number of methoxy groups -OCH3 is 1. The van der Waals surface area contributed by atoms with E-state index < -0.39 is 6.10 Å². The first-order valence-corrected chi connectivity index (χ1v) is 12.7. The van der Waals surface area contributed by atoms with Gasteiger partial charge in [0.2, 0.25) is 11.8 Å². The van der Waals surface area contributed by atoms with Gasteiger partial charge in [0.05, 0.1) is 12.7 Å². The smallest absolute Gasteiger partial charge is 0.223 e. The number of carbonyl (C=O) groups is 2. The van der Waals surface area contributed by atoms with Crippen molar-refractivity contribution in [1.29, 1.82) is 0 Å². The zero-order valence-electron chi connectivity index (χ0n) is 20.6. The van der Waals surface area contributed by atoms with Crippen molar-refractivity contribution in [2.45, 2.75) is 77.9 Å². The van der Waals surface area contributed by atoms with Crippen molar-refractivity contribution in [3.8, 4) is 0 Å². The largest absolute Gasteiger partial charge is 0.392 e. The minimum atomic E-state index is -0.526. The lowest BCUT2D eigenvalue weighted by Crippen LogP contribution is -2.58. The van der Waals surface area contributed by atoms with Gasteiger partial charge in [-0.3, -0.25) is 9.59 Å². The summed E-state index contributed by atoms with van der Waals surface area (Å²) < 4.78 is 5.03. The average Bonchev–Trinajstić information content (AvgIpc) is 3.27. The molecule has 3 N–H and O–H groups in total. The van der Waals surface area contributed by atoms with E-state index in [4.69, 9.17) is 4.74 Å². The van der Waals surface area contributed by atoms with Crippen molar-refractivity contribution in [3.05, 3.63) is 0 Å². The maximum absolute atomic E-state index is 12.9. The number of aliphatic hydroxyl groups is 1. The third kappa shape index (κ3) is 5.84. The summed E-state index contributed by atoms with van der Waals surface area (Å²) in [4.78, 5) is 27.6. The molecule has 2 amide bonds. The number of fused-ring (bicyclic) bond motifs is 1. The van der Waals surface area contributed by atoms with Crippen LogP contribution in [0.4, 0.5) is 0 Å². The number of rotatable bonds is 9. The van der Waals surface area contributed by atoms with Crippen LogP contribution in [0.1, 0.15) is 65.7 Å². The zero-order chi connectivity index (χ0) is 23.3. The second-order valence-electron chi connectivity index (χ2n) is 10.8. The molecule has 0 radical (unpaired) electrons. The summed E-state index contributed by atoms with van der Waals surface area (Å²) in [5.74, 6) is 0.0814. The molecule has 2 saturated carbocycles. The van der Waals surface area contributed by atoms with Crippen LogP contribution in [-0.4, -0.2) is 73.9 Å². The highest BCUT2D eigenvalue weighted by molar-refractivity contribution is 5.78. The summed E-state index contributed by atoms with van der Waals surface area (Å²) in [5.41, 5.74) is 0.0645. The monoisotopic (exact) mass is 451 g/mol. The van der Waals surface area contributed by atoms with E-state index in [1.807, 2.05) is 6.92 Å². The van der Waals surface area contributed by atoms with Gasteiger partial charge in [-0.25, -0.2) is 0 Å². The number of amides is 2. The number of nitrogens with one attached hydrogen (secondary N) is 2. The topological polar surface area (TPSA) is 90.9 Å². The SMILES string of the molecule is COCCC(=O)NC1CCC2(C)CCC(C(C)C(=O)NCCN3CCCC3)C(O)C2C1C. The Hall–Kier alpha value is -1.18. The number of aliphatic hydroxyl groups excluding tert-OH is 1. The van der Waals surface area contributed by atoms with E-state index in [0.717, 1.165) is 45.3 Å². The molecule has 7 unspecified atom stereocenters. The quantitative estimate of drug-likeness (QED) is 0.500. The third-order valence-electron chi connectivity index (χ3n) is 8.75. The van der Waals surface area contributed by atoms with Crippen LogP contribution in [0, 0.1) is 29.1 Å². The second kappa shape index (κ2) is 11.3. The number of nitrogens with zero attached hydrogens (tertiary/aromatic N) is 1. The summed E-state index contributed by atoms with van der Waals surface area (Å²) >= 11 is 0. The number of ether oxygens (including phenoxy) is 1. The highest BCUT2D eigenvalue weighted by Crippen LogP contribution is 2.55. The summed E-state index contributed by atoms with van der Waals surface area (Å²) in [6.45, 7) is 10.7. The Morgan fingerprint density at radius 3 is 2.59 bits per heavy atom. The van der Waals surface area contributed by atoms with Gasteiger partial charge >= 0.3 is 0 Å². The van der Waals surface area contributed by atoms with E-state index in [-0.39, 0.29) is 46.9 Å². The molecular formula is C25H45N3O4. The fraction of sp³-hybridized carbons (Fsp3) is 0.920. The van der Waals surface area contributed by atoms with E-state index in [0.29, 0.717) is 19.6 Å². The van der Waals surface area contributed by atoms with E-state index in [2.05, 4.69) is 29.4 Å². The third-order valence-corrected chi connectivity index (χ3v) is 8.75. The zero-order valence-corrected chi connectivity index (χ0v) is 20.6. The van der Waals surface area contributed by atoms with Gasteiger partial charge in [0.25, 0.3) is 0 Å². The number of hydrogen-bond donors (Lipinski definition) is 3. The molecule has 184 valence electrons. The summed E-state index contributed by atoms with van der Waals surface area (Å²) in [5, 5.41) is 17.8. The molecule has 32 heavy (non-hydrogen) atoms. The molecule has 0 spiro atoms. The van der Waals surface area contributed by atoms with Crippen LogP contribution in [0.15, 0.2) is 0 Å². The molecule has 3 aliphatic rings. The molecule has 2 aliphatic carbocycles. The number of carbonyl (C=O) groups excluding carboxylic acids is 2. The molecule has 1 aliphatic heterocycles. The summed E-state index contributed by atoms with van der Waals surface area (Å²) in [6.07, 6.45) is 6.19. The first-order chi connectivity index (χ1) is 15.3. The van der Waals surface area contributed by atoms with Crippen molar-refractivity contribution >= 4 is 11.8 Å². The molecule has 3 fully saturated rings. The molecular weight excluding hydrogens is 406 g/mol. The summed E-state index contributed by atoms with van der Waals surface area (Å²) in [6, 6.07) is 0.0652. The van der Waals surface area contributed by atoms with Crippen LogP contribution in [0.2, 0.25) is 0 Å². The number of likely N-dealkylation sites (tertiary alicyclic amines) is 1. The molecule has 1 saturated heterocycles. The molecule has 0 aromatic rings. The average molecular weight is 452 g/mol. The van der Waals surface area contributed by atoms with E-state index in [9.17, 15) is 14.7 Å². The maximum Gasteiger partial charge on any atom is 0.223 e.